The fourth-order valence-corrected chi connectivity index (χ4v) is 6.46. The van der Waals surface area contributed by atoms with Gasteiger partial charge in [0.1, 0.15) is 5.75 Å². The SMILES string of the molecule is COC[C@](C#N)(C(=O)N1CC=C(c2c[nH]c3ccccc23)CC1)C(c1ccccc1OC)c1cccc2ccccc12. The van der Waals surface area contributed by atoms with Crippen molar-refractivity contribution in [2.75, 3.05) is 33.9 Å². The molecule has 0 bridgehead atoms. The lowest BCUT2D eigenvalue weighted by molar-refractivity contribution is -0.142. The van der Waals surface area contributed by atoms with Crippen molar-refractivity contribution in [1.29, 1.82) is 5.26 Å². The molecule has 1 amide bonds. The molecule has 4 aromatic carbocycles. The molecule has 0 radical (unpaired) electrons. The molecule has 1 N–H and O–H groups in total. The summed E-state index contributed by atoms with van der Waals surface area (Å²) in [5.41, 5.74) is 3.56. The summed E-state index contributed by atoms with van der Waals surface area (Å²) in [5.74, 6) is -0.264. The predicted octanol–water partition coefficient (Wildman–Crippen LogP) is 6.93. The first-order valence-electron chi connectivity index (χ1n) is 14.2. The number of H-pyrrole nitrogens is 1. The van der Waals surface area contributed by atoms with E-state index in [1.54, 1.807) is 19.1 Å². The largest absolute Gasteiger partial charge is 0.496 e. The highest BCUT2D eigenvalue weighted by molar-refractivity contribution is 5.95. The fourth-order valence-electron chi connectivity index (χ4n) is 6.46. The maximum absolute atomic E-state index is 14.7. The van der Waals surface area contributed by atoms with E-state index in [9.17, 15) is 10.1 Å². The molecule has 6 heteroatoms. The van der Waals surface area contributed by atoms with Gasteiger partial charge in [0, 0.05) is 54.3 Å². The van der Waals surface area contributed by atoms with E-state index < -0.39 is 11.3 Å². The number of nitrogens with zero attached hydrogens (tertiary/aromatic N) is 2. The predicted molar refractivity (Wildman–Crippen MR) is 166 cm³/mol. The second-order valence-corrected chi connectivity index (χ2v) is 10.7. The van der Waals surface area contributed by atoms with Crippen LogP contribution in [0.5, 0.6) is 5.75 Å². The third-order valence-corrected chi connectivity index (χ3v) is 8.46. The number of para-hydroxylation sites is 2. The third-order valence-electron chi connectivity index (χ3n) is 8.46. The van der Waals surface area contributed by atoms with E-state index in [-0.39, 0.29) is 12.5 Å². The van der Waals surface area contributed by atoms with Gasteiger partial charge in [0.25, 0.3) is 0 Å². The molecule has 210 valence electrons. The minimum Gasteiger partial charge on any atom is -0.496 e. The second kappa shape index (κ2) is 11.6. The lowest BCUT2D eigenvalue weighted by Gasteiger charge is -2.39. The smallest absolute Gasteiger partial charge is 0.246 e. The molecule has 1 aliphatic heterocycles. The Kier molecular flexibility index (Phi) is 7.52. The lowest BCUT2D eigenvalue weighted by Crippen LogP contribution is -2.50. The molecule has 2 atom stereocenters. The van der Waals surface area contributed by atoms with Crippen molar-refractivity contribution in [1.82, 2.24) is 9.88 Å². The third kappa shape index (κ3) is 4.62. The number of carbonyl (C=O) groups is 1. The zero-order valence-electron chi connectivity index (χ0n) is 23.8. The summed E-state index contributed by atoms with van der Waals surface area (Å²) in [7, 11) is 3.17. The summed E-state index contributed by atoms with van der Waals surface area (Å²) < 4.78 is 11.5. The van der Waals surface area contributed by atoms with Gasteiger partial charge in [-0.15, -0.1) is 0 Å². The van der Waals surface area contributed by atoms with Crippen LogP contribution < -0.4 is 4.74 Å². The van der Waals surface area contributed by atoms with Crippen LogP contribution in [0.15, 0.2) is 103 Å². The van der Waals surface area contributed by atoms with Crippen molar-refractivity contribution in [3.63, 3.8) is 0 Å². The molecule has 6 rings (SSSR count). The molecule has 1 aliphatic rings. The first kappa shape index (κ1) is 27.3. The van der Waals surface area contributed by atoms with Gasteiger partial charge in [0.05, 0.1) is 19.8 Å². The van der Waals surface area contributed by atoms with Gasteiger partial charge in [-0.3, -0.25) is 4.79 Å². The van der Waals surface area contributed by atoms with Crippen molar-refractivity contribution in [2.24, 2.45) is 5.41 Å². The molecule has 0 saturated carbocycles. The molecule has 42 heavy (non-hydrogen) atoms. The maximum atomic E-state index is 14.7. The van der Waals surface area contributed by atoms with E-state index in [2.05, 4.69) is 29.3 Å². The number of ether oxygens (including phenoxy) is 2. The number of fused-ring (bicyclic) bond motifs is 2. The number of nitrogens with one attached hydrogen (secondary N) is 1. The Hall–Kier alpha value is -4.86. The van der Waals surface area contributed by atoms with Gasteiger partial charge >= 0.3 is 0 Å². The Labute approximate surface area is 245 Å². The first-order chi connectivity index (χ1) is 20.6. The van der Waals surface area contributed by atoms with E-state index in [1.165, 1.54) is 11.0 Å². The minimum absolute atomic E-state index is 0.0657. The molecular weight excluding hydrogens is 522 g/mol. The average Bonchev–Trinajstić information content (AvgIpc) is 3.49. The first-order valence-corrected chi connectivity index (χ1v) is 14.2. The summed E-state index contributed by atoms with van der Waals surface area (Å²) in [6.45, 7) is 0.851. The van der Waals surface area contributed by atoms with Crippen LogP contribution in [0.4, 0.5) is 0 Å². The van der Waals surface area contributed by atoms with Crippen LogP contribution in [0.25, 0.3) is 27.2 Å². The summed E-state index contributed by atoms with van der Waals surface area (Å²) >= 11 is 0. The molecule has 0 saturated heterocycles. The highest BCUT2D eigenvalue weighted by atomic mass is 16.5. The number of amides is 1. The Bertz CT molecular complexity index is 1830. The molecule has 5 aromatic rings. The molecule has 6 nitrogen and oxygen atoms in total. The van der Waals surface area contributed by atoms with Crippen LogP contribution in [0, 0.1) is 16.7 Å². The quantitative estimate of drug-likeness (QED) is 0.225. The molecular formula is C36H33N3O3. The van der Waals surface area contributed by atoms with Crippen LogP contribution in [0.1, 0.15) is 29.0 Å². The van der Waals surface area contributed by atoms with Gasteiger partial charge in [-0.2, -0.15) is 5.26 Å². The molecule has 1 unspecified atom stereocenters. The van der Waals surface area contributed by atoms with Gasteiger partial charge < -0.3 is 19.4 Å². The van der Waals surface area contributed by atoms with E-state index in [0.29, 0.717) is 25.3 Å². The van der Waals surface area contributed by atoms with Gasteiger partial charge in [-0.25, -0.2) is 0 Å². The van der Waals surface area contributed by atoms with Crippen molar-refractivity contribution in [2.45, 2.75) is 12.3 Å². The number of rotatable bonds is 8. The number of carbonyl (C=O) groups excluding carboxylic acids is 1. The topological polar surface area (TPSA) is 78.4 Å². The molecule has 1 aromatic heterocycles. The van der Waals surface area contributed by atoms with E-state index >= 15 is 0 Å². The van der Waals surface area contributed by atoms with Crippen molar-refractivity contribution in [3.05, 3.63) is 120 Å². The normalized spacial score (nSPS) is 15.5. The van der Waals surface area contributed by atoms with Crippen molar-refractivity contribution in [3.8, 4) is 11.8 Å². The van der Waals surface area contributed by atoms with Gasteiger partial charge in [0.2, 0.25) is 5.91 Å². The standard InChI is InChI=1S/C36H33N3O3/c1-41-24-36(23-37,35(40)39-20-18-26(19-21-39)31-22-38-32-16-7-5-13-28(31)32)34(30-14-6-8-17-33(30)42-2)29-15-9-11-25-10-3-4-12-27(25)29/h3-18,22,34,38H,19-21,24H2,1-2H3/t34?,36-/m0/s1. The molecule has 0 aliphatic carbocycles. The van der Waals surface area contributed by atoms with E-state index in [1.807, 2.05) is 85.1 Å². The Morgan fingerprint density at radius 3 is 2.43 bits per heavy atom. The van der Waals surface area contributed by atoms with Gasteiger partial charge in [0.15, 0.2) is 5.41 Å². The number of nitriles is 1. The fraction of sp³-hybridized carbons (Fsp3) is 0.222. The highest BCUT2D eigenvalue weighted by Crippen LogP contribution is 2.48. The number of aromatic nitrogens is 1. The van der Waals surface area contributed by atoms with Crippen LogP contribution in [0.2, 0.25) is 0 Å². The number of hydrogen-bond donors (Lipinski definition) is 1. The van der Waals surface area contributed by atoms with Crippen molar-refractivity contribution < 1.29 is 14.3 Å². The summed E-state index contributed by atoms with van der Waals surface area (Å²) in [5, 5.41) is 14.2. The Balaban J connectivity index is 1.46. The summed E-state index contributed by atoms with van der Waals surface area (Å²) in [6, 6.07) is 32.5. The van der Waals surface area contributed by atoms with Crippen LogP contribution >= 0.6 is 0 Å². The Morgan fingerprint density at radius 2 is 1.67 bits per heavy atom. The minimum atomic E-state index is -1.54. The van der Waals surface area contributed by atoms with Gasteiger partial charge in [-0.05, 0) is 40.5 Å². The monoisotopic (exact) mass is 555 g/mol. The van der Waals surface area contributed by atoms with Crippen LogP contribution in [-0.2, 0) is 9.53 Å². The molecule has 0 spiro atoms. The number of methoxy groups -OCH3 is 2. The summed E-state index contributed by atoms with van der Waals surface area (Å²) in [6.07, 6.45) is 4.84. The van der Waals surface area contributed by atoms with Crippen LogP contribution in [-0.4, -0.2) is 49.7 Å². The second-order valence-electron chi connectivity index (χ2n) is 10.7. The number of hydrogen-bond acceptors (Lipinski definition) is 4. The number of benzene rings is 4. The molecule has 0 fully saturated rings. The maximum Gasteiger partial charge on any atom is 0.246 e. The van der Waals surface area contributed by atoms with E-state index in [4.69, 9.17) is 9.47 Å². The average molecular weight is 556 g/mol. The number of aromatic amines is 1. The Morgan fingerprint density at radius 1 is 0.952 bits per heavy atom. The lowest BCUT2D eigenvalue weighted by atomic mass is 9.67. The summed E-state index contributed by atoms with van der Waals surface area (Å²) in [4.78, 5) is 19.9. The zero-order chi connectivity index (χ0) is 29.1. The van der Waals surface area contributed by atoms with E-state index in [0.717, 1.165) is 33.0 Å². The zero-order valence-corrected chi connectivity index (χ0v) is 23.8. The van der Waals surface area contributed by atoms with Crippen molar-refractivity contribution >= 4 is 33.2 Å². The molecule has 2 heterocycles. The van der Waals surface area contributed by atoms with Crippen LogP contribution in [0.3, 0.4) is 0 Å². The van der Waals surface area contributed by atoms with Gasteiger partial charge in [-0.1, -0.05) is 84.9 Å². The highest BCUT2D eigenvalue weighted by Gasteiger charge is 2.51.